The van der Waals surface area contributed by atoms with E-state index in [9.17, 15) is 4.79 Å². The Bertz CT molecular complexity index is 1590. The second-order valence-electron chi connectivity index (χ2n) is 8.93. The predicted molar refractivity (Wildman–Crippen MR) is 156 cm³/mol. The maximum Gasteiger partial charge on any atom is 0.281 e. The van der Waals surface area contributed by atoms with E-state index < -0.39 is 6.10 Å². The van der Waals surface area contributed by atoms with Gasteiger partial charge < -0.3 is 4.74 Å². The number of halogens is 1. The number of rotatable bonds is 8. The Balaban J connectivity index is 1.36. The molecule has 0 radical (unpaired) electrons. The number of hydrazone groups is 1. The third-order valence-electron chi connectivity index (χ3n) is 6.23. The smallest absolute Gasteiger partial charge is 0.281 e. The molecule has 0 saturated heterocycles. The zero-order chi connectivity index (χ0) is 26.5. The number of aryl methyl sites for hydroxylation is 1. The predicted octanol–water partition coefficient (Wildman–Crippen LogP) is 7.07. The first kappa shape index (κ1) is 25.4. The minimum absolute atomic E-state index is 0.323. The number of hydrogen-bond donors (Lipinski definition) is 1. The van der Waals surface area contributed by atoms with Crippen molar-refractivity contribution in [1.82, 2.24) is 15.2 Å². The Hall–Kier alpha value is -4.23. The largest absolute Gasteiger partial charge is 0.479 e. The van der Waals surface area contributed by atoms with Gasteiger partial charge in [0.1, 0.15) is 11.4 Å². The van der Waals surface area contributed by atoms with Gasteiger partial charge in [-0.15, -0.1) is 0 Å². The van der Waals surface area contributed by atoms with E-state index in [1.165, 1.54) is 5.56 Å². The van der Waals surface area contributed by atoms with Crippen LogP contribution in [-0.4, -0.2) is 28.0 Å². The molecule has 0 bridgehead atoms. The van der Waals surface area contributed by atoms with Crippen LogP contribution in [-0.2, 0) is 4.79 Å². The first-order valence-electron chi connectivity index (χ1n) is 12.4. The molecule has 7 heteroatoms. The average molecular weight is 567 g/mol. The highest BCUT2D eigenvalue weighted by Crippen LogP contribution is 2.34. The molecule has 1 aromatic heterocycles. The maximum absolute atomic E-state index is 13.0. The van der Waals surface area contributed by atoms with Gasteiger partial charge in [-0.05, 0) is 58.2 Å². The molecule has 0 spiro atoms. The highest BCUT2D eigenvalue weighted by atomic mass is 79.9. The fourth-order valence-electron chi connectivity index (χ4n) is 4.15. The second kappa shape index (κ2) is 11.4. The summed E-state index contributed by atoms with van der Waals surface area (Å²) >= 11 is 3.63. The van der Waals surface area contributed by atoms with Gasteiger partial charge in [-0.2, -0.15) is 10.2 Å². The zero-order valence-corrected chi connectivity index (χ0v) is 22.7. The minimum atomic E-state index is -0.701. The Morgan fingerprint density at radius 1 is 1.03 bits per heavy atom. The fourth-order valence-corrected chi connectivity index (χ4v) is 4.73. The van der Waals surface area contributed by atoms with E-state index in [0.29, 0.717) is 12.2 Å². The number of nitrogens with zero attached hydrogens (tertiary/aromatic N) is 3. The van der Waals surface area contributed by atoms with Crippen LogP contribution < -0.4 is 10.2 Å². The van der Waals surface area contributed by atoms with Crippen molar-refractivity contribution in [3.05, 3.63) is 113 Å². The first-order chi connectivity index (χ1) is 18.5. The molecule has 5 rings (SSSR count). The highest BCUT2D eigenvalue weighted by Gasteiger charge is 2.20. The number of carbonyl (C=O) groups excluding carboxylic acids is 1. The van der Waals surface area contributed by atoms with Gasteiger partial charge in [0, 0.05) is 17.3 Å². The van der Waals surface area contributed by atoms with Gasteiger partial charge in [0.2, 0.25) is 0 Å². The Kier molecular flexibility index (Phi) is 7.65. The molecule has 0 aliphatic carbocycles. The van der Waals surface area contributed by atoms with E-state index >= 15 is 0 Å². The monoisotopic (exact) mass is 566 g/mol. The molecular weight excluding hydrogens is 540 g/mol. The standard InChI is InChI=1S/C31H27BrN4O2/c1-3-27(38-28-18-17-22-9-7-8-12-26(22)29(28)32)31(37)34-33-19-24-20-36(25-10-5-4-6-11-25)35-30(24)23-15-13-21(2)14-16-23/h4-20,27H,3H2,1-2H3,(H,34,37)/b33-19-. The maximum atomic E-state index is 13.0. The molecule has 0 fully saturated rings. The molecule has 6 nitrogen and oxygen atoms in total. The first-order valence-corrected chi connectivity index (χ1v) is 13.2. The second-order valence-corrected chi connectivity index (χ2v) is 9.72. The number of carbonyl (C=O) groups is 1. The van der Waals surface area contributed by atoms with Crippen molar-refractivity contribution >= 4 is 38.8 Å². The molecular formula is C31H27BrN4O2. The van der Waals surface area contributed by atoms with Gasteiger partial charge in [0.05, 0.1) is 16.4 Å². The summed E-state index contributed by atoms with van der Waals surface area (Å²) < 4.78 is 8.72. The van der Waals surface area contributed by atoms with Crippen molar-refractivity contribution in [2.75, 3.05) is 0 Å². The molecule has 5 aromatic rings. The van der Waals surface area contributed by atoms with Gasteiger partial charge >= 0.3 is 0 Å². The van der Waals surface area contributed by atoms with Crippen molar-refractivity contribution in [1.29, 1.82) is 0 Å². The molecule has 1 heterocycles. The van der Waals surface area contributed by atoms with Crippen molar-refractivity contribution < 1.29 is 9.53 Å². The highest BCUT2D eigenvalue weighted by molar-refractivity contribution is 9.10. The van der Waals surface area contributed by atoms with Crippen LogP contribution in [0.5, 0.6) is 5.75 Å². The number of benzene rings is 4. The third-order valence-corrected chi connectivity index (χ3v) is 7.04. The van der Waals surface area contributed by atoms with Crippen molar-refractivity contribution in [3.8, 4) is 22.7 Å². The van der Waals surface area contributed by atoms with Gasteiger partial charge in [-0.25, -0.2) is 10.1 Å². The van der Waals surface area contributed by atoms with Gasteiger partial charge in [0.25, 0.3) is 5.91 Å². The number of ether oxygens (including phenoxy) is 1. The number of para-hydroxylation sites is 1. The molecule has 4 aromatic carbocycles. The third kappa shape index (κ3) is 5.53. The van der Waals surface area contributed by atoms with Crippen molar-refractivity contribution in [3.63, 3.8) is 0 Å². The van der Waals surface area contributed by atoms with E-state index in [1.807, 2.05) is 116 Å². The molecule has 1 N–H and O–H groups in total. The van der Waals surface area contributed by atoms with E-state index in [2.05, 4.69) is 26.5 Å². The molecule has 1 amide bonds. The summed E-state index contributed by atoms with van der Waals surface area (Å²) in [6.45, 7) is 3.95. The van der Waals surface area contributed by atoms with Crippen molar-refractivity contribution in [2.45, 2.75) is 26.4 Å². The van der Waals surface area contributed by atoms with E-state index in [4.69, 9.17) is 9.84 Å². The minimum Gasteiger partial charge on any atom is -0.479 e. The summed E-state index contributed by atoms with van der Waals surface area (Å²) in [5.74, 6) is 0.289. The van der Waals surface area contributed by atoms with Crippen LogP contribution in [0.2, 0.25) is 0 Å². The number of amides is 1. The summed E-state index contributed by atoms with van der Waals surface area (Å²) in [6.07, 6.45) is 3.31. The van der Waals surface area contributed by atoms with Crippen LogP contribution in [0.1, 0.15) is 24.5 Å². The van der Waals surface area contributed by atoms with Crippen LogP contribution in [0.15, 0.2) is 107 Å². The van der Waals surface area contributed by atoms with Crippen LogP contribution in [0.25, 0.3) is 27.7 Å². The fraction of sp³-hybridized carbons (Fsp3) is 0.129. The molecule has 0 aliphatic rings. The lowest BCUT2D eigenvalue weighted by Gasteiger charge is -2.17. The number of hydrogen-bond acceptors (Lipinski definition) is 4. The van der Waals surface area contributed by atoms with Crippen LogP contribution in [0.4, 0.5) is 0 Å². The van der Waals surface area contributed by atoms with Gasteiger partial charge in [-0.1, -0.05) is 85.3 Å². The summed E-state index contributed by atoms with van der Waals surface area (Å²) in [7, 11) is 0. The summed E-state index contributed by atoms with van der Waals surface area (Å²) in [4.78, 5) is 13.0. The van der Waals surface area contributed by atoms with E-state index in [-0.39, 0.29) is 5.91 Å². The number of nitrogens with one attached hydrogen (secondary N) is 1. The number of aromatic nitrogens is 2. The summed E-state index contributed by atoms with van der Waals surface area (Å²) in [5.41, 5.74) is 7.27. The van der Waals surface area contributed by atoms with Crippen molar-refractivity contribution in [2.24, 2.45) is 5.10 Å². The quantitative estimate of drug-likeness (QED) is 0.161. The lowest BCUT2D eigenvalue weighted by Crippen LogP contribution is -2.35. The lowest BCUT2D eigenvalue weighted by atomic mass is 10.1. The normalized spacial score (nSPS) is 12.1. The zero-order valence-electron chi connectivity index (χ0n) is 21.1. The average Bonchev–Trinajstić information content (AvgIpc) is 3.38. The molecule has 0 aliphatic heterocycles. The lowest BCUT2D eigenvalue weighted by molar-refractivity contribution is -0.128. The van der Waals surface area contributed by atoms with Crippen LogP contribution in [0.3, 0.4) is 0 Å². The van der Waals surface area contributed by atoms with Gasteiger partial charge in [0.15, 0.2) is 6.10 Å². The van der Waals surface area contributed by atoms with E-state index in [0.717, 1.165) is 37.8 Å². The van der Waals surface area contributed by atoms with Gasteiger partial charge in [-0.3, -0.25) is 4.79 Å². The SMILES string of the molecule is CCC(Oc1ccc2ccccc2c1Br)C(=O)N/N=C\c1cn(-c2ccccc2)nc1-c1ccc(C)cc1. The van der Waals surface area contributed by atoms with Crippen LogP contribution >= 0.6 is 15.9 Å². The molecule has 1 unspecified atom stereocenters. The molecule has 1 atom stereocenters. The summed E-state index contributed by atoms with van der Waals surface area (Å²) in [6, 6.07) is 29.9. The molecule has 190 valence electrons. The topological polar surface area (TPSA) is 68.5 Å². The Morgan fingerprint density at radius 3 is 2.53 bits per heavy atom. The number of fused-ring (bicyclic) bond motifs is 1. The molecule has 0 saturated carbocycles. The Morgan fingerprint density at radius 2 is 1.76 bits per heavy atom. The van der Waals surface area contributed by atoms with Crippen LogP contribution in [0, 0.1) is 6.92 Å². The van der Waals surface area contributed by atoms with E-state index in [1.54, 1.807) is 6.21 Å². The summed E-state index contributed by atoms with van der Waals surface area (Å²) in [5, 5.41) is 11.2. The Labute approximate surface area is 230 Å². The molecule has 38 heavy (non-hydrogen) atoms.